The van der Waals surface area contributed by atoms with E-state index in [1.165, 1.54) is 24.3 Å². The van der Waals surface area contributed by atoms with E-state index >= 15 is 0 Å². The Morgan fingerprint density at radius 3 is 1.28 bits per heavy atom. The smallest absolute Gasteiger partial charge is 0.320 e. The molecular weight excluding hydrogens is 586 g/mol. The molecule has 2 amide bonds. The van der Waals surface area contributed by atoms with Gasteiger partial charge in [-0.15, -0.1) is 0 Å². The number of nitrogens with zero attached hydrogens (tertiary/aromatic N) is 4. The molecule has 0 saturated carbocycles. The fourth-order valence-corrected chi connectivity index (χ4v) is 8.14. The van der Waals surface area contributed by atoms with Gasteiger partial charge in [-0.2, -0.15) is 0 Å². The molecular formula is C37H48F2N4O3. The number of amides is 2. The van der Waals surface area contributed by atoms with Gasteiger partial charge in [0.05, 0.1) is 0 Å². The molecule has 6 rings (SSSR count). The molecule has 4 heterocycles. The number of hydrogen-bond donors (Lipinski definition) is 0. The van der Waals surface area contributed by atoms with Crippen molar-refractivity contribution in [1.29, 1.82) is 0 Å². The highest BCUT2D eigenvalue weighted by atomic mass is 19.1. The summed E-state index contributed by atoms with van der Waals surface area (Å²) in [6, 6.07) is 12.5. The lowest BCUT2D eigenvalue weighted by atomic mass is 9.88. The van der Waals surface area contributed by atoms with Crippen molar-refractivity contribution in [2.24, 2.45) is 11.8 Å². The number of piperidine rings is 2. The van der Waals surface area contributed by atoms with E-state index < -0.39 is 0 Å². The molecule has 2 aromatic rings. The monoisotopic (exact) mass is 634 g/mol. The third kappa shape index (κ3) is 7.85. The Balaban J connectivity index is 0.922. The van der Waals surface area contributed by atoms with Gasteiger partial charge in [0.15, 0.2) is 11.6 Å². The Kier molecular flexibility index (Phi) is 10.8. The second kappa shape index (κ2) is 15.2. The standard InChI is InChI=1S/C37H48F2N4O3/c38-31-9-5-27(6-10-31)35(44)29-13-21-40(22-14-29)25-17-33-3-1-19-42(33)37(46)43-20-2-4-34(43)18-26-41-23-15-30(16-24-41)36(45)28-7-11-32(39)12-8-28/h5-12,29-30,33-34H,1-4,13-26H2. The van der Waals surface area contributed by atoms with Crippen molar-refractivity contribution in [3.05, 3.63) is 71.3 Å². The fourth-order valence-electron chi connectivity index (χ4n) is 8.14. The molecule has 4 fully saturated rings. The molecule has 2 aromatic carbocycles. The van der Waals surface area contributed by atoms with Crippen molar-refractivity contribution < 1.29 is 23.2 Å². The Morgan fingerprint density at radius 1 is 0.543 bits per heavy atom. The van der Waals surface area contributed by atoms with Crippen LogP contribution in [0.15, 0.2) is 48.5 Å². The summed E-state index contributed by atoms with van der Waals surface area (Å²) in [6.07, 6.45) is 9.41. The minimum absolute atomic E-state index is 0.00588. The van der Waals surface area contributed by atoms with Gasteiger partial charge in [0.1, 0.15) is 11.6 Å². The first kappa shape index (κ1) is 32.8. The highest BCUT2D eigenvalue weighted by Crippen LogP contribution is 2.29. The summed E-state index contributed by atoms with van der Waals surface area (Å²) in [4.78, 5) is 48.7. The SMILES string of the molecule is O=C(c1ccc(F)cc1)C1CCN(CCC2CCCN2C(=O)N2CCCC2CCN2CCC(C(=O)c3ccc(F)cc3)CC2)CC1. The molecule has 4 aliphatic heterocycles. The van der Waals surface area contributed by atoms with Gasteiger partial charge in [0.2, 0.25) is 0 Å². The average Bonchev–Trinajstić information content (AvgIpc) is 3.77. The third-order valence-electron chi connectivity index (χ3n) is 11.0. The van der Waals surface area contributed by atoms with Crippen molar-refractivity contribution in [1.82, 2.24) is 19.6 Å². The molecule has 2 atom stereocenters. The van der Waals surface area contributed by atoms with Gasteiger partial charge in [-0.3, -0.25) is 9.59 Å². The van der Waals surface area contributed by atoms with Crippen molar-refractivity contribution >= 4 is 17.6 Å². The van der Waals surface area contributed by atoms with Crippen LogP contribution in [-0.4, -0.2) is 102 Å². The fraction of sp³-hybridized carbons (Fsp3) is 0.595. The van der Waals surface area contributed by atoms with Gasteiger partial charge in [0, 0.05) is 61.2 Å². The number of likely N-dealkylation sites (tertiary alicyclic amines) is 4. The van der Waals surface area contributed by atoms with E-state index in [2.05, 4.69) is 19.6 Å². The van der Waals surface area contributed by atoms with Crippen LogP contribution in [0.5, 0.6) is 0 Å². The van der Waals surface area contributed by atoms with E-state index in [0.29, 0.717) is 11.1 Å². The maximum Gasteiger partial charge on any atom is 0.320 e. The summed E-state index contributed by atoms with van der Waals surface area (Å²) >= 11 is 0. The number of ketones is 2. The van der Waals surface area contributed by atoms with Gasteiger partial charge in [-0.05, 0) is 139 Å². The maximum absolute atomic E-state index is 13.8. The molecule has 2 unspecified atom stereocenters. The van der Waals surface area contributed by atoms with Crippen LogP contribution in [0.2, 0.25) is 0 Å². The molecule has 0 spiro atoms. The number of rotatable bonds is 10. The van der Waals surface area contributed by atoms with E-state index in [1.807, 2.05) is 0 Å². The predicted octanol–water partition coefficient (Wildman–Crippen LogP) is 6.28. The van der Waals surface area contributed by atoms with Crippen molar-refractivity contribution in [3.8, 4) is 0 Å². The number of hydrogen-bond acceptors (Lipinski definition) is 5. The van der Waals surface area contributed by atoms with Gasteiger partial charge in [0.25, 0.3) is 0 Å². The Bertz CT molecular complexity index is 1240. The lowest BCUT2D eigenvalue weighted by Gasteiger charge is -2.36. The van der Waals surface area contributed by atoms with Crippen LogP contribution in [-0.2, 0) is 0 Å². The molecule has 4 aliphatic rings. The Morgan fingerprint density at radius 2 is 0.913 bits per heavy atom. The lowest BCUT2D eigenvalue weighted by molar-refractivity contribution is 0.0828. The summed E-state index contributed by atoms with van der Waals surface area (Å²) in [7, 11) is 0. The molecule has 4 saturated heterocycles. The first-order valence-corrected chi connectivity index (χ1v) is 17.5. The van der Waals surface area contributed by atoms with Crippen LogP contribution >= 0.6 is 0 Å². The van der Waals surface area contributed by atoms with Crippen LogP contribution < -0.4 is 0 Å². The number of urea groups is 1. The number of Topliss-reactive ketones (excluding diaryl/α,β-unsaturated/α-hetero) is 2. The minimum Gasteiger partial charge on any atom is -0.322 e. The van der Waals surface area contributed by atoms with Gasteiger partial charge < -0.3 is 19.6 Å². The highest BCUT2D eigenvalue weighted by Gasteiger charge is 2.37. The molecule has 0 N–H and O–H groups in total. The first-order chi connectivity index (χ1) is 22.4. The van der Waals surface area contributed by atoms with Gasteiger partial charge in [-0.1, -0.05) is 0 Å². The summed E-state index contributed by atoms with van der Waals surface area (Å²) in [6.45, 7) is 7.06. The normalized spacial score (nSPS) is 23.7. The first-order valence-electron chi connectivity index (χ1n) is 17.5. The molecule has 7 nitrogen and oxygen atoms in total. The van der Waals surface area contributed by atoms with E-state index in [0.717, 1.165) is 117 Å². The predicted molar refractivity (Wildman–Crippen MR) is 174 cm³/mol. The Labute approximate surface area is 271 Å². The third-order valence-corrected chi connectivity index (χ3v) is 11.0. The molecule has 248 valence electrons. The average molecular weight is 635 g/mol. The number of benzene rings is 2. The molecule has 46 heavy (non-hydrogen) atoms. The lowest BCUT2D eigenvalue weighted by Crippen LogP contribution is -2.49. The van der Waals surface area contributed by atoms with Crippen LogP contribution in [0.4, 0.5) is 13.6 Å². The summed E-state index contributed by atoms with van der Waals surface area (Å²) in [5.41, 5.74) is 1.19. The van der Waals surface area contributed by atoms with Crippen molar-refractivity contribution in [2.45, 2.75) is 76.3 Å². The van der Waals surface area contributed by atoms with Crippen LogP contribution in [0.3, 0.4) is 0 Å². The zero-order chi connectivity index (χ0) is 32.0. The second-order valence-electron chi connectivity index (χ2n) is 13.8. The van der Waals surface area contributed by atoms with E-state index in [4.69, 9.17) is 0 Å². The van der Waals surface area contributed by atoms with Gasteiger partial charge in [-0.25, -0.2) is 13.6 Å². The summed E-state index contributed by atoms with van der Waals surface area (Å²) in [5, 5.41) is 0. The number of carbonyl (C=O) groups excluding carboxylic acids is 3. The van der Waals surface area contributed by atoms with E-state index in [9.17, 15) is 23.2 Å². The molecule has 9 heteroatoms. The number of carbonyl (C=O) groups is 3. The number of halogens is 2. The van der Waals surface area contributed by atoms with Crippen LogP contribution in [0.1, 0.15) is 84.9 Å². The zero-order valence-electron chi connectivity index (χ0n) is 26.9. The topological polar surface area (TPSA) is 64.2 Å². The van der Waals surface area contributed by atoms with Crippen LogP contribution in [0, 0.1) is 23.5 Å². The Hall–Kier alpha value is -3.17. The summed E-state index contributed by atoms with van der Waals surface area (Å²) < 4.78 is 26.5. The van der Waals surface area contributed by atoms with Crippen LogP contribution in [0.25, 0.3) is 0 Å². The molecule has 0 aliphatic carbocycles. The molecule has 0 aromatic heterocycles. The summed E-state index contributed by atoms with van der Waals surface area (Å²) in [5.74, 6) is -0.416. The molecule has 0 radical (unpaired) electrons. The minimum atomic E-state index is -0.321. The molecule has 0 bridgehead atoms. The quantitative estimate of drug-likeness (QED) is 0.288. The van der Waals surface area contributed by atoms with E-state index in [1.54, 1.807) is 24.3 Å². The van der Waals surface area contributed by atoms with Gasteiger partial charge >= 0.3 is 6.03 Å². The van der Waals surface area contributed by atoms with E-state index in [-0.39, 0.29) is 53.2 Å². The largest absolute Gasteiger partial charge is 0.322 e. The second-order valence-corrected chi connectivity index (χ2v) is 13.8. The highest BCUT2D eigenvalue weighted by molar-refractivity contribution is 5.98. The van der Waals surface area contributed by atoms with Crippen molar-refractivity contribution in [3.63, 3.8) is 0 Å². The maximum atomic E-state index is 13.8. The zero-order valence-corrected chi connectivity index (χ0v) is 26.9. The van der Waals surface area contributed by atoms with Crippen molar-refractivity contribution in [2.75, 3.05) is 52.4 Å².